The van der Waals surface area contributed by atoms with Gasteiger partial charge in [-0.1, -0.05) is 42.3 Å². The van der Waals surface area contributed by atoms with Crippen molar-refractivity contribution in [2.75, 3.05) is 6.54 Å². The van der Waals surface area contributed by atoms with Gasteiger partial charge in [-0.3, -0.25) is 10.1 Å². The molecule has 1 aliphatic rings. The fourth-order valence-corrected chi connectivity index (χ4v) is 2.95. The maximum Gasteiger partial charge on any atom is 0.157 e. The van der Waals surface area contributed by atoms with Crippen molar-refractivity contribution < 1.29 is 4.79 Å². The minimum absolute atomic E-state index is 0.240. The van der Waals surface area contributed by atoms with Crippen LogP contribution < -0.4 is 5.32 Å². The third kappa shape index (κ3) is 2.36. The first-order valence-electron chi connectivity index (χ1n) is 6.35. The molecule has 18 heavy (non-hydrogen) atoms. The number of halogens is 1. The highest BCUT2D eigenvalue weighted by Gasteiger charge is 2.41. The fraction of sp³-hybridized carbons (Fsp3) is 0.400. The van der Waals surface area contributed by atoms with Gasteiger partial charge in [0.25, 0.3) is 0 Å². The zero-order chi connectivity index (χ0) is 13.0. The quantitative estimate of drug-likeness (QED) is 0.843. The smallest absolute Gasteiger partial charge is 0.157 e. The summed E-state index contributed by atoms with van der Waals surface area (Å²) in [5.74, 6) is 0.240. The van der Waals surface area contributed by atoms with Crippen LogP contribution >= 0.6 is 11.6 Å². The number of Topliss-reactive ketones (excluding diaryl/α,β-unsaturated/α-hetero) is 1. The average molecular weight is 264 g/mol. The SMILES string of the molecule is C=CCN[C@@]1(c2ccccc2Cl)CCCCC1=O. The minimum Gasteiger partial charge on any atom is -0.298 e. The van der Waals surface area contributed by atoms with Gasteiger partial charge in [-0.05, 0) is 24.5 Å². The van der Waals surface area contributed by atoms with E-state index in [9.17, 15) is 4.79 Å². The van der Waals surface area contributed by atoms with Crippen molar-refractivity contribution in [3.63, 3.8) is 0 Å². The van der Waals surface area contributed by atoms with Crippen LogP contribution in [0.3, 0.4) is 0 Å². The van der Waals surface area contributed by atoms with E-state index in [4.69, 9.17) is 11.6 Å². The molecule has 0 unspecified atom stereocenters. The molecule has 1 aromatic carbocycles. The van der Waals surface area contributed by atoms with Gasteiger partial charge in [-0.25, -0.2) is 0 Å². The molecule has 1 fully saturated rings. The largest absolute Gasteiger partial charge is 0.298 e. The molecule has 0 saturated heterocycles. The molecular weight excluding hydrogens is 246 g/mol. The number of benzene rings is 1. The summed E-state index contributed by atoms with van der Waals surface area (Å²) in [6.45, 7) is 4.32. The van der Waals surface area contributed by atoms with Crippen molar-refractivity contribution in [2.45, 2.75) is 31.2 Å². The molecule has 0 aliphatic heterocycles. The molecule has 1 saturated carbocycles. The Balaban J connectivity index is 2.44. The van der Waals surface area contributed by atoms with Crippen LogP contribution in [0.1, 0.15) is 31.2 Å². The molecule has 0 radical (unpaired) electrons. The molecule has 0 spiro atoms. The summed E-state index contributed by atoms with van der Waals surface area (Å²) < 4.78 is 0. The number of carbonyl (C=O) groups excluding carboxylic acids is 1. The highest BCUT2D eigenvalue weighted by Crippen LogP contribution is 2.37. The minimum atomic E-state index is -0.620. The van der Waals surface area contributed by atoms with Gasteiger partial charge in [0.15, 0.2) is 5.78 Å². The van der Waals surface area contributed by atoms with Gasteiger partial charge in [0.2, 0.25) is 0 Å². The van der Waals surface area contributed by atoms with Crippen LogP contribution in [-0.2, 0) is 10.3 Å². The summed E-state index contributed by atoms with van der Waals surface area (Å²) in [4.78, 5) is 12.4. The van der Waals surface area contributed by atoms with Crippen molar-refractivity contribution in [1.82, 2.24) is 5.32 Å². The van der Waals surface area contributed by atoms with Gasteiger partial charge < -0.3 is 0 Å². The van der Waals surface area contributed by atoms with E-state index in [1.54, 1.807) is 6.08 Å². The molecule has 1 aliphatic carbocycles. The number of hydrogen-bond acceptors (Lipinski definition) is 2. The van der Waals surface area contributed by atoms with E-state index in [2.05, 4.69) is 11.9 Å². The topological polar surface area (TPSA) is 29.1 Å². The standard InChI is InChI=1S/C15H18ClNO/c1-2-11-17-15(10-6-5-9-14(15)18)12-7-3-4-8-13(12)16/h2-4,7-8,17H,1,5-6,9-11H2/t15-/m1/s1. The molecule has 96 valence electrons. The first-order valence-corrected chi connectivity index (χ1v) is 6.73. The van der Waals surface area contributed by atoms with Gasteiger partial charge in [0.1, 0.15) is 5.54 Å². The second kappa shape index (κ2) is 5.68. The van der Waals surface area contributed by atoms with Crippen molar-refractivity contribution in [3.05, 3.63) is 47.5 Å². The van der Waals surface area contributed by atoms with E-state index in [0.29, 0.717) is 18.0 Å². The summed E-state index contributed by atoms with van der Waals surface area (Å²) in [6.07, 6.45) is 5.22. The Hall–Kier alpha value is -1.12. The second-order valence-corrected chi connectivity index (χ2v) is 5.09. The maximum atomic E-state index is 12.4. The lowest BCUT2D eigenvalue weighted by molar-refractivity contribution is -0.127. The van der Waals surface area contributed by atoms with Crippen molar-refractivity contribution >= 4 is 17.4 Å². The van der Waals surface area contributed by atoms with Gasteiger partial charge in [0, 0.05) is 18.0 Å². The lowest BCUT2D eigenvalue weighted by Gasteiger charge is -2.37. The molecule has 0 amide bonds. The molecule has 1 atom stereocenters. The van der Waals surface area contributed by atoms with Gasteiger partial charge in [0.05, 0.1) is 0 Å². The summed E-state index contributed by atoms with van der Waals surface area (Å²) in [5, 5.41) is 4.00. The van der Waals surface area contributed by atoms with Crippen molar-refractivity contribution in [3.8, 4) is 0 Å². The third-order valence-corrected chi connectivity index (χ3v) is 3.89. The highest BCUT2D eigenvalue weighted by molar-refractivity contribution is 6.31. The van der Waals surface area contributed by atoms with E-state index < -0.39 is 5.54 Å². The highest BCUT2D eigenvalue weighted by atomic mass is 35.5. The van der Waals surface area contributed by atoms with Crippen molar-refractivity contribution in [1.29, 1.82) is 0 Å². The maximum absolute atomic E-state index is 12.4. The van der Waals surface area contributed by atoms with Gasteiger partial charge in [-0.15, -0.1) is 6.58 Å². The summed E-state index contributed by atoms with van der Waals surface area (Å²) in [5.41, 5.74) is 0.281. The number of nitrogens with one attached hydrogen (secondary N) is 1. The number of ketones is 1. The zero-order valence-corrected chi connectivity index (χ0v) is 11.2. The normalized spacial score (nSPS) is 23.9. The third-order valence-electron chi connectivity index (χ3n) is 3.56. The van der Waals surface area contributed by atoms with E-state index in [1.165, 1.54) is 0 Å². The predicted molar refractivity (Wildman–Crippen MR) is 74.8 cm³/mol. The fourth-order valence-electron chi connectivity index (χ4n) is 2.65. The molecule has 0 heterocycles. The number of hydrogen-bond donors (Lipinski definition) is 1. The zero-order valence-electron chi connectivity index (χ0n) is 10.4. The summed E-state index contributed by atoms with van der Waals surface area (Å²) in [6, 6.07) is 7.61. The molecule has 0 bridgehead atoms. The lowest BCUT2D eigenvalue weighted by Crippen LogP contribution is -2.51. The lowest BCUT2D eigenvalue weighted by atomic mass is 9.75. The Morgan fingerprint density at radius 1 is 1.39 bits per heavy atom. The molecule has 2 rings (SSSR count). The van der Waals surface area contributed by atoms with Crippen molar-refractivity contribution in [2.24, 2.45) is 0 Å². The Bertz CT molecular complexity index is 458. The Kier molecular flexibility index (Phi) is 4.20. The van der Waals surface area contributed by atoms with Crippen LogP contribution in [0, 0.1) is 0 Å². The van der Waals surface area contributed by atoms with Crippen LogP contribution in [0.4, 0.5) is 0 Å². The van der Waals surface area contributed by atoms with Crippen LogP contribution in [0.25, 0.3) is 0 Å². The van der Waals surface area contributed by atoms with E-state index in [-0.39, 0.29) is 5.78 Å². The van der Waals surface area contributed by atoms with Gasteiger partial charge >= 0.3 is 0 Å². The van der Waals surface area contributed by atoms with Crippen LogP contribution in [0.15, 0.2) is 36.9 Å². The van der Waals surface area contributed by atoms with Crippen LogP contribution in [-0.4, -0.2) is 12.3 Å². The summed E-state index contributed by atoms with van der Waals surface area (Å²) in [7, 11) is 0. The molecular formula is C15H18ClNO. The second-order valence-electron chi connectivity index (χ2n) is 4.69. The predicted octanol–water partition coefficient (Wildman–Crippen LogP) is 3.45. The summed E-state index contributed by atoms with van der Waals surface area (Å²) >= 11 is 6.27. The average Bonchev–Trinajstić information content (AvgIpc) is 2.39. The molecule has 0 aromatic heterocycles. The molecule has 1 N–H and O–H groups in total. The Labute approximate surface area is 113 Å². The van der Waals surface area contributed by atoms with Gasteiger partial charge in [-0.2, -0.15) is 0 Å². The van der Waals surface area contributed by atoms with E-state index in [1.807, 2.05) is 24.3 Å². The molecule has 1 aromatic rings. The number of carbonyl (C=O) groups is 1. The Morgan fingerprint density at radius 2 is 2.17 bits per heavy atom. The monoisotopic (exact) mass is 263 g/mol. The number of rotatable bonds is 4. The van der Waals surface area contributed by atoms with Crippen LogP contribution in [0.2, 0.25) is 5.02 Å². The first-order chi connectivity index (χ1) is 8.70. The molecule has 3 heteroatoms. The first kappa shape index (κ1) is 13.3. The van der Waals surface area contributed by atoms with E-state index >= 15 is 0 Å². The van der Waals surface area contributed by atoms with E-state index in [0.717, 1.165) is 24.8 Å². The van der Waals surface area contributed by atoms with Crippen LogP contribution in [0.5, 0.6) is 0 Å². The molecule has 2 nitrogen and oxygen atoms in total. The Morgan fingerprint density at radius 3 is 2.83 bits per heavy atom.